The second-order valence-corrected chi connectivity index (χ2v) is 4.32. The molecule has 2 rings (SSSR count). The van der Waals surface area contributed by atoms with E-state index in [0.29, 0.717) is 5.82 Å². The minimum Gasteiger partial charge on any atom is -0.315 e. The van der Waals surface area contributed by atoms with E-state index in [1.54, 1.807) is 13.0 Å². The highest BCUT2D eigenvalue weighted by molar-refractivity contribution is 7.09. The lowest BCUT2D eigenvalue weighted by molar-refractivity contribution is -0.112. The minimum absolute atomic E-state index is 0.0895. The average Bonchev–Trinajstić information content (AvgIpc) is 2.85. The molecule has 0 radical (unpaired) electrons. The SMILES string of the molecule is Cc1noc(NC(=O)/C=C/c2csc(C)n2)n1. The van der Waals surface area contributed by atoms with E-state index in [1.807, 2.05) is 12.3 Å². The van der Waals surface area contributed by atoms with Gasteiger partial charge in [-0.3, -0.25) is 10.1 Å². The van der Waals surface area contributed by atoms with Crippen LogP contribution in [0.3, 0.4) is 0 Å². The summed E-state index contributed by atoms with van der Waals surface area (Å²) in [6, 6.07) is 0.0895. The molecule has 0 aliphatic carbocycles. The molecular weight excluding hydrogens is 240 g/mol. The lowest BCUT2D eigenvalue weighted by Crippen LogP contribution is -2.07. The maximum Gasteiger partial charge on any atom is 0.328 e. The Morgan fingerprint density at radius 1 is 1.47 bits per heavy atom. The van der Waals surface area contributed by atoms with E-state index in [0.717, 1.165) is 10.7 Å². The number of hydrogen-bond acceptors (Lipinski definition) is 6. The number of carbonyl (C=O) groups is 1. The molecule has 0 saturated heterocycles. The maximum atomic E-state index is 11.5. The molecule has 0 spiro atoms. The summed E-state index contributed by atoms with van der Waals surface area (Å²) >= 11 is 1.53. The molecule has 0 bridgehead atoms. The number of hydrogen-bond donors (Lipinski definition) is 1. The highest BCUT2D eigenvalue weighted by Gasteiger charge is 2.04. The highest BCUT2D eigenvalue weighted by Crippen LogP contribution is 2.09. The monoisotopic (exact) mass is 250 g/mol. The third-order valence-corrected chi connectivity index (χ3v) is 2.59. The van der Waals surface area contributed by atoms with Crippen molar-refractivity contribution in [1.82, 2.24) is 15.1 Å². The summed E-state index contributed by atoms with van der Waals surface area (Å²) in [5, 5.41) is 8.83. The van der Waals surface area contributed by atoms with Gasteiger partial charge in [0.1, 0.15) is 0 Å². The molecule has 1 amide bonds. The first kappa shape index (κ1) is 11.5. The number of anilines is 1. The van der Waals surface area contributed by atoms with Crippen molar-refractivity contribution >= 4 is 29.3 Å². The molecule has 0 saturated carbocycles. The number of amides is 1. The normalized spacial score (nSPS) is 10.9. The van der Waals surface area contributed by atoms with E-state index >= 15 is 0 Å². The van der Waals surface area contributed by atoms with Gasteiger partial charge in [-0.05, 0) is 19.9 Å². The summed E-state index contributed by atoms with van der Waals surface area (Å²) in [5.41, 5.74) is 0.754. The Labute approximate surface area is 101 Å². The number of thiazole rings is 1. The van der Waals surface area contributed by atoms with Crippen LogP contribution in [0.5, 0.6) is 0 Å². The van der Waals surface area contributed by atoms with E-state index in [1.165, 1.54) is 17.4 Å². The first-order valence-electron chi connectivity index (χ1n) is 4.85. The second kappa shape index (κ2) is 4.88. The second-order valence-electron chi connectivity index (χ2n) is 3.26. The summed E-state index contributed by atoms with van der Waals surface area (Å²) in [6.45, 7) is 3.58. The van der Waals surface area contributed by atoms with Crippen LogP contribution in [-0.4, -0.2) is 21.0 Å². The Morgan fingerprint density at radius 2 is 2.29 bits per heavy atom. The quantitative estimate of drug-likeness (QED) is 0.840. The predicted molar refractivity (Wildman–Crippen MR) is 63.5 cm³/mol. The van der Waals surface area contributed by atoms with E-state index in [9.17, 15) is 4.79 Å². The molecule has 2 aromatic rings. The fourth-order valence-electron chi connectivity index (χ4n) is 1.11. The summed E-state index contributed by atoms with van der Waals surface area (Å²) in [4.78, 5) is 19.5. The number of rotatable bonds is 3. The van der Waals surface area contributed by atoms with Crippen molar-refractivity contribution in [2.45, 2.75) is 13.8 Å². The molecule has 0 aliphatic heterocycles. The van der Waals surface area contributed by atoms with Crippen LogP contribution in [0.1, 0.15) is 16.5 Å². The fourth-order valence-corrected chi connectivity index (χ4v) is 1.69. The smallest absolute Gasteiger partial charge is 0.315 e. The Hall–Kier alpha value is -2.02. The van der Waals surface area contributed by atoms with Gasteiger partial charge in [0.2, 0.25) is 0 Å². The summed E-state index contributed by atoms with van der Waals surface area (Å²) < 4.78 is 4.75. The molecule has 6 nitrogen and oxygen atoms in total. The van der Waals surface area contributed by atoms with Crippen LogP contribution in [0.25, 0.3) is 6.08 Å². The summed E-state index contributed by atoms with van der Waals surface area (Å²) in [6.07, 6.45) is 3.00. The lowest BCUT2D eigenvalue weighted by atomic mass is 10.4. The van der Waals surface area contributed by atoms with Gasteiger partial charge in [-0.1, -0.05) is 5.16 Å². The molecule has 17 heavy (non-hydrogen) atoms. The Morgan fingerprint density at radius 3 is 2.88 bits per heavy atom. The minimum atomic E-state index is -0.334. The zero-order valence-electron chi connectivity index (χ0n) is 9.30. The van der Waals surface area contributed by atoms with Gasteiger partial charge in [0.25, 0.3) is 5.91 Å². The third-order valence-electron chi connectivity index (χ3n) is 1.80. The van der Waals surface area contributed by atoms with Crippen LogP contribution in [0.2, 0.25) is 0 Å². The molecule has 0 aromatic carbocycles. The largest absolute Gasteiger partial charge is 0.328 e. The van der Waals surface area contributed by atoms with Gasteiger partial charge in [-0.2, -0.15) is 4.98 Å². The van der Waals surface area contributed by atoms with Crippen molar-refractivity contribution in [3.63, 3.8) is 0 Å². The van der Waals surface area contributed by atoms with Gasteiger partial charge >= 0.3 is 6.01 Å². The van der Waals surface area contributed by atoms with Crippen molar-refractivity contribution in [2.75, 3.05) is 5.32 Å². The standard InChI is InChI=1S/C10H10N4O2S/c1-6-11-10(16-14-6)13-9(15)4-3-8-5-17-7(2)12-8/h3-5H,1-2H3,(H,11,13,14,15)/b4-3+. The molecule has 0 fully saturated rings. The first-order chi connectivity index (χ1) is 8.13. The van der Waals surface area contributed by atoms with Gasteiger partial charge in [-0.25, -0.2) is 4.98 Å². The Bertz CT molecular complexity index is 558. The molecule has 2 heterocycles. The van der Waals surface area contributed by atoms with Gasteiger partial charge in [0.05, 0.1) is 10.7 Å². The van der Waals surface area contributed by atoms with Crippen LogP contribution in [0, 0.1) is 13.8 Å². The zero-order chi connectivity index (χ0) is 12.3. The van der Waals surface area contributed by atoms with E-state index in [4.69, 9.17) is 4.52 Å². The predicted octanol–water partition coefficient (Wildman–Crippen LogP) is 1.79. The Kier molecular flexibility index (Phi) is 3.29. The fraction of sp³-hybridized carbons (Fsp3) is 0.200. The third kappa shape index (κ3) is 3.22. The highest BCUT2D eigenvalue weighted by atomic mass is 32.1. The molecule has 2 aromatic heterocycles. The molecule has 0 unspecified atom stereocenters. The molecule has 7 heteroatoms. The van der Waals surface area contributed by atoms with E-state index < -0.39 is 0 Å². The van der Waals surface area contributed by atoms with Gasteiger partial charge in [-0.15, -0.1) is 11.3 Å². The number of aromatic nitrogens is 3. The van der Waals surface area contributed by atoms with Gasteiger partial charge in [0.15, 0.2) is 5.82 Å². The summed E-state index contributed by atoms with van der Waals surface area (Å²) in [7, 11) is 0. The number of carbonyl (C=O) groups excluding carboxylic acids is 1. The van der Waals surface area contributed by atoms with Crippen molar-refractivity contribution in [2.24, 2.45) is 0 Å². The van der Waals surface area contributed by atoms with E-state index in [-0.39, 0.29) is 11.9 Å². The zero-order valence-corrected chi connectivity index (χ0v) is 10.1. The number of aryl methyl sites for hydroxylation is 2. The van der Waals surface area contributed by atoms with Crippen molar-refractivity contribution in [1.29, 1.82) is 0 Å². The van der Waals surface area contributed by atoms with Crippen LogP contribution in [0.4, 0.5) is 6.01 Å². The topological polar surface area (TPSA) is 80.9 Å². The van der Waals surface area contributed by atoms with Gasteiger partial charge < -0.3 is 4.52 Å². The molecule has 0 aliphatic rings. The lowest BCUT2D eigenvalue weighted by Gasteiger charge is -1.91. The molecule has 0 atom stereocenters. The molecule has 88 valence electrons. The van der Waals surface area contributed by atoms with Crippen molar-refractivity contribution in [3.8, 4) is 0 Å². The number of nitrogens with zero attached hydrogens (tertiary/aromatic N) is 3. The van der Waals surface area contributed by atoms with Crippen LogP contribution in [0.15, 0.2) is 16.0 Å². The molecular formula is C10H10N4O2S. The Balaban J connectivity index is 1.95. The van der Waals surface area contributed by atoms with Crippen LogP contribution < -0.4 is 5.32 Å². The van der Waals surface area contributed by atoms with Gasteiger partial charge in [0, 0.05) is 11.5 Å². The van der Waals surface area contributed by atoms with E-state index in [2.05, 4.69) is 20.4 Å². The first-order valence-corrected chi connectivity index (χ1v) is 5.73. The van der Waals surface area contributed by atoms with Crippen molar-refractivity contribution < 1.29 is 9.32 Å². The van der Waals surface area contributed by atoms with Crippen LogP contribution in [-0.2, 0) is 4.79 Å². The van der Waals surface area contributed by atoms with Crippen LogP contribution >= 0.6 is 11.3 Å². The summed E-state index contributed by atoms with van der Waals surface area (Å²) in [5.74, 6) is 0.138. The number of nitrogens with one attached hydrogen (secondary N) is 1. The van der Waals surface area contributed by atoms with Crippen molar-refractivity contribution in [3.05, 3.63) is 28.0 Å². The average molecular weight is 250 g/mol. The maximum absolute atomic E-state index is 11.5. The molecule has 1 N–H and O–H groups in total.